The molecule has 0 aromatic heterocycles. The van der Waals surface area contributed by atoms with E-state index in [0.29, 0.717) is 6.04 Å². The van der Waals surface area contributed by atoms with Crippen LogP contribution in [0.15, 0.2) is 66.7 Å². The van der Waals surface area contributed by atoms with Gasteiger partial charge >= 0.3 is 0 Å². The average molecular weight is 373 g/mol. The molecule has 0 saturated carbocycles. The van der Waals surface area contributed by atoms with Crippen LogP contribution in [-0.2, 0) is 6.42 Å². The Morgan fingerprint density at radius 1 is 0.714 bits per heavy atom. The Labute approximate surface area is 170 Å². The van der Waals surface area contributed by atoms with Crippen molar-refractivity contribution in [3.63, 3.8) is 0 Å². The molecule has 2 nitrogen and oxygen atoms in total. The van der Waals surface area contributed by atoms with Gasteiger partial charge in [-0.3, -0.25) is 0 Å². The van der Waals surface area contributed by atoms with Crippen molar-refractivity contribution >= 4 is 5.69 Å². The molecule has 1 atom stereocenters. The van der Waals surface area contributed by atoms with Gasteiger partial charge in [-0.05, 0) is 56.4 Å². The third-order valence-corrected chi connectivity index (χ3v) is 5.23. The summed E-state index contributed by atoms with van der Waals surface area (Å²) >= 11 is 0. The maximum atomic E-state index is 3.79. The summed E-state index contributed by atoms with van der Waals surface area (Å²) in [7, 11) is 0. The highest BCUT2D eigenvalue weighted by Gasteiger charge is 2.13. The van der Waals surface area contributed by atoms with E-state index in [9.17, 15) is 0 Å². The Morgan fingerprint density at radius 3 is 2.00 bits per heavy atom. The van der Waals surface area contributed by atoms with Gasteiger partial charge in [0.2, 0.25) is 0 Å². The monoisotopic (exact) mass is 372 g/mol. The number of para-hydroxylation sites is 1. The molecule has 0 bridgehead atoms. The van der Waals surface area contributed by atoms with Gasteiger partial charge in [-0.25, -0.2) is 0 Å². The first-order valence-electron chi connectivity index (χ1n) is 10.2. The van der Waals surface area contributed by atoms with Crippen molar-refractivity contribution in [1.82, 2.24) is 5.32 Å². The minimum atomic E-state index is 0.306. The Kier molecular flexibility index (Phi) is 6.89. The van der Waals surface area contributed by atoms with Gasteiger partial charge < -0.3 is 10.6 Å². The Hall–Kier alpha value is -2.58. The fraction of sp³-hybridized carbons (Fsp3) is 0.308. The van der Waals surface area contributed by atoms with E-state index >= 15 is 0 Å². The van der Waals surface area contributed by atoms with Crippen LogP contribution in [0.2, 0.25) is 0 Å². The van der Waals surface area contributed by atoms with Crippen molar-refractivity contribution in [3.8, 4) is 0 Å². The molecule has 2 N–H and O–H groups in total. The van der Waals surface area contributed by atoms with Crippen LogP contribution in [0, 0.1) is 27.7 Å². The van der Waals surface area contributed by atoms with Gasteiger partial charge in [0.25, 0.3) is 0 Å². The normalized spacial score (nSPS) is 12.0. The summed E-state index contributed by atoms with van der Waals surface area (Å²) in [4.78, 5) is 0. The van der Waals surface area contributed by atoms with Gasteiger partial charge in [0.15, 0.2) is 0 Å². The smallest absolute Gasteiger partial charge is 0.0400 e. The summed E-state index contributed by atoms with van der Waals surface area (Å²) in [6.45, 7) is 10.5. The molecule has 3 aromatic carbocycles. The van der Waals surface area contributed by atoms with E-state index in [-0.39, 0.29) is 0 Å². The quantitative estimate of drug-likeness (QED) is 0.481. The van der Waals surface area contributed by atoms with Crippen molar-refractivity contribution in [1.29, 1.82) is 0 Å². The first-order valence-corrected chi connectivity index (χ1v) is 10.2. The second kappa shape index (κ2) is 9.57. The zero-order chi connectivity index (χ0) is 19.9. The van der Waals surface area contributed by atoms with E-state index in [1.54, 1.807) is 0 Å². The van der Waals surface area contributed by atoms with Crippen LogP contribution in [0.25, 0.3) is 0 Å². The van der Waals surface area contributed by atoms with Crippen LogP contribution in [-0.4, -0.2) is 13.1 Å². The van der Waals surface area contributed by atoms with Crippen molar-refractivity contribution < 1.29 is 0 Å². The molecule has 2 heteroatoms. The molecule has 0 spiro atoms. The molecule has 0 saturated heterocycles. The highest BCUT2D eigenvalue weighted by molar-refractivity contribution is 5.56. The third kappa shape index (κ3) is 5.46. The second-order valence-corrected chi connectivity index (χ2v) is 7.81. The fourth-order valence-corrected chi connectivity index (χ4v) is 3.90. The standard InChI is InChI=1S/C26H32N2/c1-19-15-20(2)17-24(16-19)25(18-23-11-6-5-7-12-23)27-13-14-28-26-21(3)9-8-10-22(26)4/h5-12,15-17,25,27-28H,13-14,18H2,1-4H3. The minimum Gasteiger partial charge on any atom is -0.383 e. The van der Waals surface area contributed by atoms with Crippen LogP contribution in [0.3, 0.4) is 0 Å². The van der Waals surface area contributed by atoms with Crippen LogP contribution in [0.5, 0.6) is 0 Å². The molecule has 3 aromatic rings. The largest absolute Gasteiger partial charge is 0.383 e. The van der Waals surface area contributed by atoms with E-state index in [2.05, 4.69) is 105 Å². The lowest BCUT2D eigenvalue weighted by atomic mass is 9.96. The first-order chi connectivity index (χ1) is 13.5. The maximum absolute atomic E-state index is 3.79. The first kappa shape index (κ1) is 20.2. The molecule has 3 rings (SSSR count). The van der Waals surface area contributed by atoms with Gasteiger partial charge in [0, 0.05) is 24.8 Å². The number of anilines is 1. The minimum absolute atomic E-state index is 0.306. The van der Waals surface area contributed by atoms with Crippen LogP contribution in [0.1, 0.15) is 39.4 Å². The number of nitrogens with one attached hydrogen (secondary N) is 2. The zero-order valence-corrected chi connectivity index (χ0v) is 17.5. The van der Waals surface area contributed by atoms with E-state index in [1.165, 1.54) is 39.1 Å². The molecule has 0 heterocycles. The maximum Gasteiger partial charge on any atom is 0.0400 e. The molecule has 0 amide bonds. The SMILES string of the molecule is Cc1cc(C)cc(C(Cc2ccccc2)NCCNc2c(C)cccc2C)c1. The van der Waals surface area contributed by atoms with Crippen LogP contribution >= 0.6 is 0 Å². The summed E-state index contributed by atoms with van der Waals surface area (Å²) in [5, 5.41) is 7.40. The van der Waals surface area contributed by atoms with Gasteiger partial charge in [-0.15, -0.1) is 0 Å². The summed E-state index contributed by atoms with van der Waals surface area (Å²) < 4.78 is 0. The van der Waals surface area contributed by atoms with E-state index < -0.39 is 0 Å². The van der Waals surface area contributed by atoms with Gasteiger partial charge in [0.1, 0.15) is 0 Å². The highest BCUT2D eigenvalue weighted by atomic mass is 15.0. The number of hydrogen-bond acceptors (Lipinski definition) is 2. The van der Waals surface area contributed by atoms with Crippen LogP contribution < -0.4 is 10.6 Å². The lowest BCUT2D eigenvalue weighted by Crippen LogP contribution is -2.28. The predicted octanol–water partition coefficient (Wildman–Crippen LogP) is 5.91. The second-order valence-electron chi connectivity index (χ2n) is 7.81. The molecular formula is C26H32N2. The predicted molar refractivity (Wildman–Crippen MR) is 121 cm³/mol. The Balaban J connectivity index is 1.68. The summed E-state index contributed by atoms with van der Waals surface area (Å²) in [5.74, 6) is 0. The molecule has 146 valence electrons. The molecule has 0 radical (unpaired) electrons. The number of benzene rings is 3. The Bertz CT molecular complexity index is 859. The molecule has 0 aliphatic carbocycles. The number of aryl methyl sites for hydroxylation is 4. The molecule has 0 fully saturated rings. The number of hydrogen-bond donors (Lipinski definition) is 2. The lowest BCUT2D eigenvalue weighted by Gasteiger charge is -2.21. The topological polar surface area (TPSA) is 24.1 Å². The number of rotatable bonds is 8. The van der Waals surface area contributed by atoms with Gasteiger partial charge in [-0.1, -0.05) is 77.9 Å². The van der Waals surface area contributed by atoms with Crippen LogP contribution in [0.4, 0.5) is 5.69 Å². The lowest BCUT2D eigenvalue weighted by molar-refractivity contribution is 0.542. The summed E-state index contributed by atoms with van der Waals surface area (Å²) in [5.41, 5.74) is 9.24. The van der Waals surface area contributed by atoms with Gasteiger partial charge in [0.05, 0.1) is 0 Å². The fourth-order valence-electron chi connectivity index (χ4n) is 3.90. The van der Waals surface area contributed by atoms with E-state index in [0.717, 1.165) is 19.5 Å². The third-order valence-electron chi connectivity index (χ3n) is 5.23. The molecule has 28 heavy (non-hydrogen) atoms. The molecule has 0 aliphatic heterocycles. The van der Waals surface area contributed by atoms with Crippen molar-refractivity contribution in [2.75, 3.05) is 18.4 Å². The van der Waals surface area contributed by atoms with E-state index in [1.807, 2.05) is 0 Å². The van der Waals surface area contributed by atoms with Crippen molar-refractivity contribution in [3.05, 3.63) is 100 Å². The van der Waals surface area contributed by atoms with E-state index in [4.69, 9.17) is 0 Å². The Morgan fingerprint density at radius 2 is 1.36 bits per heavy atom. The van der Waals surface area contributed by atoms with Crippen molar-refractivity contribution in [2.45, 2.75) is 40.2 Å². The van der Waals surface area contributed by atoms with Gasteiger partial charge in [-0.2, -0.15) is 0 Å². The molecule has 0 aliphatic rings. The summed E-state index contributed by atoms with van der Waals surface area (Å²) in [6.07, 6.45) is 0.993. The summed E-state index contributed by atoms with van der Waals surface area (Å²) in [6, 6.07) is 24.4. The highest BCUT2D eigenvalue weighted by Crippen LogP contribution is 2.22. The molecular weight excluding hydrogens is 340 g/mol. The zero-order valence-electron chi connectivity index (χ0n) is 17.5. The van der Waals surface area contributed by atoms with Crippen molar-refractivity contribution in [2.24, 2.45) is 0 Å². The average Bonchev–Trinajstić information content (AvgIpc) is 2.66. The molecule has 1 unspecified atom stereocenters.